The fourth-order valence-corrected chi connectivity index (χ4v) is 1.70. The van der Waals surface area contributed by atoms with Crippen LogP contribution < -0.4 is 0 Å². The number of unbranched alkanes of at least 4 members (excludes halogenated alkanes) is 4. The van der Waals surface area contributed by atoms with Gasteiger partial charge in [-0.25, -0.2) is 0 Å². The number of hydrogen-bond donors (Lipinski definition) is 2. The molecule has 3 heteroatoms. The molecule has 2 atom stereocenters. The minimum absolute atomic E-state index is 0.202. The van der Waals surface area contributed by atoms with E-state index in [1.165, 1.54) is 37.5 Å². The SMILES string of the molecule is C=CC(=O)C=CC#CCC(O)C(O)CCCCCCC. The molecule has 0 fully saturated rings. The lowest BCUT2D eigenvalue weighted by Gasteiger charge is -2.15. The molecule has 0 bridgehead atoms. The largest absolute Gasteiger partial charge is 0.390 e. The van der Waals surface area contributed by atoms with Gasteiger partial charge in [-0.1, -0.05) is 57.4 Å². The lowest BCUT2D eigenvalue weighted by atomic mass is 10.0. The van der Waals surface area contributed by atoms with Crippen molar-refractivity contribution in [3.05, 3.63) is 24.8 Å². The highest BCUT2D eigenvalue weighted by molar-refractivity contribution is 5.98. The Bertz CT molecular complexity index is 360. The maximum Gasteiger partial charge on any atom is 0.178 e. The third-order valence-corrected chi connectivity index (χ3v) is 2.99. The van der Waals surface area contributed by atoms with Gasteiger partial charge in [-0.2, -0.15) is 0 Å². The summed E-state index contributed by atoms with van der Waals surface area (Å²) in [6.07, 6.45) is 8.85. The zero-order chi connectivity index (χ0) is 15.2. The molecule has 0 aromatic carbocycles. The fourth-order valence-electron chi connectivity index (χ4n) is 1.70. The van der Waals surface area contributed by atoms with Gasteiger partial charge >= 0.3 is 0 Å². The zero-order valence-electron chi connectivity index (χ0n) is 12.3. The van der Waals surface area contributed by atoms with Crippen molar-refractivity contribution in [1.82, 2.24) is 0 Å². The van der Waals surface area contributed by atoms with Crippen molar-refractivity contribution in [2.45, 2.75) is 64.1 Å². The first-order valence-electron chi connectivity index (χ1n) is 7.29. The van der Waals surface area contributed by atoms with Crippen LogP contribution in [0.2, 0.25) is 0 Å². The van der Waals surface area contributed by atoms with Crippen LogP contribution in [-0.4, -0.2) is 28.2 Å². The molecule has 0 amide bonds. The van der Waals surface area contributed by atoms with Gasteiger partial charge in [-0.15, -0.1) is 0 Å². The minimum Gasteiger partial charge on any atom is -0.390 e. The van der Waals surface area contributed by atoms with Gasteiger partial charge in [0, 0.05) is 6.42 Å². The van der Waals surface area contributed by atoms with Crippen molar-refractivity contribution < 1.29 is 15.0 Å². The Hall–Kier alpha value is -1.37. The van der Waals surface area contributed by atoms with E-state index in [-0.39, 0.29) is 12.2 Å². The molecule has 0 rings (SSSR count). The van der Waals surface area contributed by atoms with Gasteiger partial charge in [0.1, 0.15) is 0 Å². The summed E-state index contributed by atoms with van der Waals surface area (Å²) < 4.78 is 0. The van der Waals surface area contributed by atoms with Crippen LogP contribution in [-0.2, 0) is 4.79 Å². The topological polar surface area (TPSA) is 57.5 Å². The Morgan fingerprint density at radius 3 is 2.55 bits per heavy atom. The number of carbonyl (C=O) groups excluding carboxylic acids is 1. The summed E-state index contributed by atoms with van der Waals surface area (Å²) >= 11 is 0. The van der Waals surface area contributed by atoms with E-state index in [2.05, 4.69) is 25.3 Å². The lowest BCUT2D eigenvalue weighted by molar-refractivity contribution is -0.110. The van der Waals surface area contributed by atoms with Gasteiger partial charge in [-0.05, 0) is 24.6 Å². The predicted octanol–water partition coefficient (Wildman–Crippen LogP) is 2.77. The molecular formula is C17H26O3. The molecular weight excluding hydrogens is 252 g/mol. The molecule has 0 heterocycles. The summed E-state index contributed by atoms with van der Waals surface area (Å²) in [5, 5.41) is 19.5. The summed E-state index contributed by atoms with van der Waals surface area (Å²) in [6, 6.07) is 0. The molecule has 3 nitrogen and oxygen atoms in total. The average Bonchev–Trinajstić information content (AvgIpc) is 2.45. The smallest absolute Gasteiger partial charge is 0.178 e. The normalized spacial score (nSPS) is 13.6. The van der Waals surface area contributed by atoms with Crippen LogP contribution in [0, 0.1) is 11.8 Å². The summed E-state index contributed by atoms with van der Waals surface area (Å²) in [5.74, 6) is 5.17. The van der Waals surface area contributed by atoms with Crippen LogP contribution in [0.5, 0.6) is 0 Å². The Labute approximate surface area is 122 Å². The van der Waals surface area contributed by atoms with E-state index in [0.717, 1.165) is 12.8 Å². The average molecular weight is 278 g/mol. The number of rotatable bonds is 10. The Kier molecular flexibility index (Phi) is 11.8. The molecule has 0 aliphatic rings. The van der Waals surface area contributed by atoms with Crippen LogP contribution >= 0.6 is 0 Å². The van der Waals surface area contributed by atoms with Gasteiger partial charge in [0.2, 0.25) is 0 Å². The summed E-state index contributed by atoms with van der Waals surface area (Å²) in [6.45, 7) is 5.50. The van der Waals surface area contributed by atoms with Crippen molar-refractivity contribution in [3.8, 4) is 11.8 Å². The molecule has 112 valence electrons. The Morgan fingerprint density at radius 2 is 1.90 bits per heavy atom. The summed E-state index contributed by atoms with van der Waals surface area (Å²) in [7, 11) is 0. The van der Waals surface area contributed by atoms with Crippen molar-refractivity contribution in [2.75, 3.05) is 0 Å². The summed E-state index contributed by atoms with van der Waals surface area (Å²) in [5.41, 5.74) is 0. The zero-order valence-corrected chi connectivity index (χ0v) is 12.3. The second kappa shape index (κ2) is 12.7. The number of aliphatic hydroxyl groups excluding tert-OH is 2. The van der Waals surface area contributed by atoms with E-state index in [4.69, 9.17) is 0 Å². The van der Waals surface area contributed by atoms with Crippen LogP contribution in [0.25, 0.3) is 0 Å². The van der Waals surface area contributed by atoms with Gasteiger partial charge < -0.3 is 10.2 Å². The highest BCUT2D eigenvalue weighted by atomic mass is 16.3. The Morgan fingerprint density at radius 1 is 1.20 bits per heavy atom. The molecule has 2 N–H and O–H groups in total. The molecule has 0 aromatic heterocycles. The quantitative estimate of drug-likeness (QED) is 0.367. The number of hydrogen-bond acceptors (Lipinski definition) is 3. The highest BCUT2D eigenvalue weighted by Crippen LogP contribution is 2.10. The van der Waals surface area contributed by atoms with Gasteiger partial charge in [-0.3, -0.25) is 4.79 Å². The van der Waals surface area contributed by atoms with Crippen LogP contribution in [0.15, 0.2) is 24.8 Å². The lowest BCUT2D eigenvalue weighted by Crippen LogP contribution is -2.25. The molecule has 0 aromatic rings. The van der Waals surface area contributed by atoms with E-state index in [0.29, 0.717) is 6.42 Å². The monoisotopic (exact) mass is 278 g/mol. The summed E-state index contributed by atoms with van der Waals surface area (Å²) in [4.78, 5) is 10.8. The van der Waals surface area contributed by atoms with Crippen molar-refractivity contribution in [3.63, 3.8) is 0 Å². The van der Waals surface area contributed by atoms with E-state index < -0.39 is 12.2 Å². The van der Waals surface area contributed by atoms with E-state index in [9.17, 15) is 15.0 Å². The van der Waals surface area contributed by atoms with Crippen LogP contribution in [0.1, 0.15) is 51.9 Å². The molecule has 0 aliphatic carbocycles. The molecule has 0 aliphatic heterocycles. The second-order valence-electron chi connectivity index (χ2n) is 4.80. The first kappa shape index (κ1) is 18.6. The van der Waals surface area contributed by atoms with E-state index >= 15 is 0 Å². The molecule has 0 saturated carbocycles. The number of aliphatic hydroxyl groups is 2. The van der Waals surface area contributed by atoms with Crippen LogP contribution in [0.4, 0.5) is 0 Å². The van der Waals surface area contributed by atoms with Gasteiger partial charge in [0.25, 0.3) is 0 Å². The van der Waals surface area contributed by atoms with Gasteiger partial charge in [0.15, 0.2) is 5.78 Å². The van der Waals surface area contributed by atoms with Crippen molar-refractivity contribution in [1.29, 1.82) is 0 Å². The predicted molar refractivity (Wildman–Crippen MR) is 82.1 cm³/mol. The third-order valence-electron chi connectivity index (χ3n) is 2.99. The first-order valence-corrected chi connectivity index (χ1v) is 7.29. The van der Waals surface area contributed by atoms with E-state index in [1.54, 1.807) is 0 Å². The number of carbonyl (C=O) groups is 1. The number of ketones is 1. The standard InChI is InChI=1S/C17H26O3/c1-3-5-6-7-10-13-16(19)17(20)14-11-8-9-12-15(18)4-2/h4,9,12,16-17,19-20H,2-3,5-7,10,13-14H2,1H3. The van der Waals surface area contributed by atoms with E-state index in [1.807, 2.05) is 0 Å². The maximum atomic E-state index is 10.8. The molecule has 0 radical (unpaired) electrons. The molecule has 0 spiro atoms. The molecule has 2 unspecified atom stereocenters. The third kappa shape index (κ3) is 10.5. The maximum absolute atomic E-state index is 10.8. The number of allylic oxidation sites excluding steroid dienone is 3. The van der Waals surface area contributed by atoms with Crippen molar-refractivity contribution >= 4 is 5.78 Å². The van der Waals surface area contributed by atoms with Crippen LogP contribution in [0.3, 0.4) is 0 Å². The molecule has 0 saturated heterocycles. The highest BCUT2D eigenvalue weighted by Gasteiger charge is 2.14. The first-order chi connectivity index (χ1) is 9.61. The van der Waals surface area contributed by atoms with Gasteiger partial charge in [0.05, 0.1) is 12.2 Å². The second-order valence-corrected chi connectivity index (χ2v) is 4.80. The fraction of sp³-hybridized carbons (Fsp3) is 0.588. The Balaban J connectivity index is 3.82. The van der Waals surface area contributed by atoms with Crippen molar-refractivity contribution in [2.24, 2.45) is 0 Å². The molecule has 20 heavy (non-hydrogen) atoms. The minimum atomic E-state index is -0.822.